The molecule has 2 rings (SSSR count). The van der Waals surface area contributed by atoms with Crippen LogP contribution in [0.4, 0.5) is 5.69 Å². The van der Waals surface area contributed by atoms with Crippen LogP contribution in [0.25, 0.3) is 5.69 Å². The summed E-state index contributed by atoms with van der Waals surface area (Å²) < 4.78 is 3.58. The molecule has 0 fully saturated rings. The summed E-state index contributed by atoms with van der Waals surface area (Å²) in [4.78, 5) is 12.2. The minimum atomic E-state index is -1.11. The number of carbonyl (C=O) groups is 1. The van der Waals surface area contributed by atoms with Crippen molar-refractivity contribution in [3.05, 3.63) is 30.1 Å². The van der Waals surface area contributed by atoms with Crippen molar-refractivity contribution in [2.45, 2.75) is 12.1 Å². The molecule has 0 atom stereocenters. The van der Waals surface area contributed by atoms with Gasteiger partial charge in [0, 0.05) is 24.8 Å². The Hall–Kier alpha value is -2.15. The molecule has 0 aliphatic rings. The predicted molar refractivity (Wildman–Crippen MR) is 73.4 cm³/mol. The molecule has 1 heterocycles. The second-order valence-corrected chi connectivity index (χ2v) is 4.90. The fourth-order valence-corrected chi connectivity index (χ4v) is 2.33. The lowest BCUT2D eigenvalue weighted by Crippen LogP contribution is -2.36. The number of hydrogen-bond donors (Lipinski definition) is 0. The van der Waals surface area contributed by atoms with Gasteiger partial charge in [-0.1, -0.05) is 0 Å². The Morgan fingerprint density at radius 1 is 1.45 bits per heavy atom. The Morgan fingerprint density at radius 2 is 2.05 bits per heavy atom. The van der Waals surface area contributed by atoms with Crippen molar-refractivity contribution in [3.8, 4) is 5.69 Å². The molecule has 20 heavy (non-hydrogen) atoms. The van der Waals surface area contributed by atoms with Crippen LogP contribution < -0.4 is 14.6 Å². The standard InChI is InChI=1S/C13H16N4O2S/c1-9-16(3)14-13(20)17(9)11-6-4-10(5-7-11)15(2)8-12(18)19/h4-7H,8H2,1-3H3,(H-,14,18,19,20)/p-1. The molecule has 0 aliphatic heterocycles. The van der Waals surface area contributed by atoms with Gasteiger partial charge in [-0.15, -0.1) is 4.68 Å². The Kier molecular flexibility index (Phi) is 3.89. The van der Waals surface area contributed by atoms with Gasteiger partial charge in [0.05, 0.1) is 19.6 Å². The summed E-state index contributed by atoms with van der Waals surface area (Å²) in [5, 5.41) is 15.3. The van der Waals surface area contributed by atoms with Gasteiger partial charge < -0.3 is 27.4 Å². The first kappa shape index (κ1) is 14.3. The molecule has 0 spiro atoms. The lowest BCUT2D eigenvalue weighted by Gasteiger charge is -2.19. The third-order valence-electron chi connectivity index (χ3n) is 3.13. The van der Waals surface area contributed by atoms with Crippen molar-refractivity contribution >= 4 is 24.3 Å². The topological polar surface area (TPSA) is 65.1 Å². The fourth-order valence-electron chi connectivity index (χ4n) is 1.97. The maximum absolute atomic E-state index is 10.6. The zero-order valence-electron chi connectivity index (χ0n) is 11.5. The van der Waals surface area contributed by atoms with Gasteiger partial charge in [-0.2, -0.15) is 0 Å². The van der Waals surface area contributed by atoms with Gasteiger partial charge in [0.2, 0.25) is 5.82 Å². The smallest absolute Gasteiger partial charge is 0.236 e. The molecule has 1 aromatic heterocycles. The first-order valence-electron chi connectivity index (χ1n) is 6.04. The molecule has 0 aliphatic carbocycles. The maximum atomic E-state index is 10.6. The van der Waals surface area contributed by atoms with Crippen LogP contribution in [0.3, 0.4) is 0 Å². The van der Waals surface area contributed by atoms with E-state index in [1.165, 1.54) is 0 Å². The van der Waals surface area contributed by atoms with Gasteiger partial charge in [0.1, 0.15) is 5.69 Å². The Bertz CT molecular complexity index is 637. The summed E-state index contributed by atoms with van der Waals surface area (Å²) in [6.45, 7) is 1.78. The van der Waals surface area contributed by atoms with Crippen LogP contribution in [-0.4, -0.2) is 29.3 Å². The van der Waals surface area contributed by atoms with Gasteiger partial charge in [-0.05, 0) is 24.3 Å². The summed E-state index contributed by atoms with van der Waals surface area (Å²) in [7, 11) is 3.54. The number of hydrogen-bond acceptors (Lipinski definition) is 5. The highest BCUT2D eigenvalue weighted by atomic mass is 32.1. The second-order valence-electron chi connectivity index (χ2n) is 4.53. The molecule has 0 unspecified atom stereocenters. The lowest BCUT2D eigenvalue weighted by molar-refractivity contribution is -0.643. The van der Waals surface area contributed by atoms with Crippen molar-refractivity contribution in [3.63, 3.8) is 0 Å². The van der Waals surface area contributed by atoms with Crippen molar-refractivity contribution in [1.29, 1.82) is 0 Å². The summed E-state index contributed by atoms with van der Waals surface area (Å²) >= 11 is 5.22. The highest BCUT2D eigenvalue weighted by Gasteiger charge is 2.14. The highest BCUT2D eigenvalue weighted by molar-refractivity contribution is 7.58. The lowest BCUT2D eigenvalue weighted by atomic mass is 10.2. The first-order chi connectivity index (χ1) is 9.40. The third kappa shape index (κ3) is 2.72. The zero-order valence-corrected chi connectivity index (χ0v) is 12.3. The van der Waals surface area contributed by atoms with Gasteiger partial charge in [-0.3, -0.25) is 0 Å². The molecule has 0 N–H and O–H groups in total. The molecule has 0 saturated heterocycles. The summed E-state index contributed by atoms with van der Waals surface area (Å²) in [6.07, 6.45) is 0. The number of aliphatic carboxylic acids is 1. The number of carboxylic acid groups (broad SMARTS) is 1. The van der Waals surface area contributed by atoms with Crippen molar-refractivity contribution < 1.29 is 14.5 Å². The molecule has 0 bridgehead atoms. The van der Waals surface area contributed by atoms with Crippen LogP contribution in [0, 0.1) is 6.92 Å². The normalized spacial score (nSPS) is 10.6. The second kappa shape index (κ2) is 5.46. The number of nitrogens with zero attached hydrogens (tertiary/aromatic N) is 4. The number of benzene rings is 1. The van der Waals surface area contributed by atoms with Crippen LogP contribution in [0.2, 0.25) is 0 Å². The molecule has 0 radical (unpaired) electrons. The Labute approximate surface area is 122 Å². The number of anilines is 1. The Morgan fingerprint density at radius 3 is 2.50 bits per heavy atom. The van der Waals surface area contributed by atoms with Gasteiger partial charge in [0.25, 0.3) is 0 Å². The van der Waals surface area contributed by atoms with Crippen LogP contribution in [0.15, 0.2) is 29.4 Å². The molecular formula is C13H15N4O2S-. The summed E-state index contributed by atoms with van der Waals surface area (Å²) in [5.74, 6) is -0.187. The SMILES string of the molecule is Cc1n(C)nc([S-])[n+]1-c1ccc(N(C)CC(=O)[O-])cc1. The number of aryl methyl sites for hydroxylation is 1. The van der Waals surface area contributed by atoms with E-state index < -0.39 is 5.97 Å². The Balaban J connectivity index is 2.30. The number of aromatic nitrogens is 3. The van der Waals surface area contributed by atoms with E-state index in [0.717, 1.165) is 17.2 Å². The molecule has 1 aromatic carbocycles. The number of likely N-dealkylation sites (N-methyl/N-ethyl adjacent to an activating group) is 1. The first-order valence-corrected chi connectivity index (χ1v) is 6.45. The van der Waals surface area contributed by atoms with Crippen LogP contribution in [0.5, 0.6) is 0 Å². The number of carbonyl (C=O) groups excluding carboxylic acids is 1. The molecule has 0 amide bonds. The molecule has 7 heteroatoms. The van der Waals surface area contributed by atoms with Crippen LogP contribution in [0.1, 0.15) is 5.82 Å². The molecule has 0 saturated carbocycles. The van der Waals surface area contributed by atoms with E-state index in [-0.39, 0.29) is 6.54 Å². The molecular weight excluding hydrogens is 276 g/mol. The van der Waals surface area contributed by atoms with Crippen molar-refractivity contribution in [2.24, 2.45) is 7.05 Å². The van der Waals surface area contributed by atoms with Gasteiger partial charge in [-0.25, -0.2) is 4.57 Å². The number of carboxylic acids is 1. The van der Waals surface area contributed by atoms with E-state index in [0.29, 0.717) is 5.16 Å². The maximum Gasteiger partial charge on any atom is 0.236 e. The molecule has 2 aromatic rings. The highest BCUT2D eigenvalue weighted by Crippen LogP contribution is 2.14. The largest absolute Gasteiger partial charge is 0.702 e. The predicted octanol–water partition coefficient (Wildman–Crippen LogP) is -0.903. The zero-order chi connectivity index (χ0) is 14.9. The summed E-state index contributed by atoms with van der Waals surface area (Å²) in [6, 6.07) is 7.44. The fraction of sp³-hybridized carbons (Fsp3) is 0.308. The molecule has 106 valence electrons. The van der Waals surface area contributed by atoms with E-state index >= 15 is 0 Å². The average molecular weight is 291 g/mol. The number of rotatable bonds is 4. The van der Waals surface area contributed by atoms with Crippen molar-refractivity contribution in [2.75, 3.05) is 18.5 Å². The molecule has 6 nitrogen and oxygen atoms in total. The van der Waals surface area contributed by atoms with E-state index in [1.54, 1.807) is 16.6 Å². The minimum absolute atomic E-state index is 0.148. The van der Waals surface area contributed by atoms with Crippen molar-refractivity contribution in [1.82, 2.24) is 9.78 Å². The minimum Gasteiger partial charge on any atom is -0.702 e. The third-order valence-corrected chi connectivity index (χ3v) is 3.40. The van der Waals surface area contributed by atoms with Crippen LogP contribution >= 0.6 is 0 Å². The quantitative estimate of drug-likeness (QED) is 0.539. The van der Waals surface area contributed by atoms with E-state index in [1.807, 2.05) is 42.8 Å². The van der Waals surface area contributed by atoms with E-state index in [2.05, 4.69) is 5.10 Å². The summed E-state index contributed by atoms with van der Waals surface area (Å²) in [5.41, 5.74) is 1.69. The monoisotopic (exact) mass is 291 g/mol. The van der Waals surface area contributed by atoms with Gasteiger partial charge in [0.15, 0.2) is 5.16 Å². The van der Waals surface area contributed by atoms with Gasteiger partial charge >= 0.3 is 0 Å². The average Bonchev–Trinajstić information content (AvgIpc) is 2.63. The van der Waals surface area contributed by atoms with Crippen LogP contribution in [-0.2, 0) is 24.5 Å². The van der Waals surface area contributed by atoms with E-state index in [4.69, 9.17) is 12.6 Å². The van der Waals surface area contributed by atoms with E-state index in [9.17, 15) is 9.90 Å².